The van der Waals surface area contributed by atoms with Crippen LogP contribution in [0.15, 0.2) is 23.1 Å². The Morgan fingerprint density at radius 2 is 2.20 bits per heavy atom. The van der Waals surface area contributed by atoms with Crippen LogP contribution in [0.2, 0.25) is 0 Å². The van der Waals surface area contributed by atoms with Crippen LogP contribution >= 0.6 is 0 Å². The van der Waals surface area contributed by atoms with Crippen LogP contribution in [0.5, 0.6) is 0 Å². The minimum absolute atomic E-state index is 0.248. The van der Waals surface area contributed by atoms with E-state index < -0.39 is 10.8 Å². The lowest BCUT2D eigenvalue weighted by Gasteiger charge is -2.29. The highest BCUT2D eigenvalue weighted by atomic mass is 32.2. The van der Waals surface area contributed by atoms with Crippen molar-refractivity contribution in [3.63, 3.8) is 0 Å². The van der Waals surface area contributed by atoms with E-state index in [1.807, 2.05) is 19.2 Å². The molecule has 0 aliphatic carbocycles. The van der Waals surface area contributed by atoms with Gasteiger partial charge in [0.25, 0.3) is 0 Å². The van der Waals surface area contributed by atoms with Crippen LogP contribution in [0.3, 0.4) is 0 Å². The number of hydrogen-bond acceptors (Lipinski definition) is 2. The summed E-state index contributed by atoms with van der Waals surface area (Å²) in [6.07, 6.45) is 0.958. The molecule has 2 rings (SSSR count). The van der Waals surface area contributed by atoms with E-state index >= 15 is 0 Å². The Morgan fingerprint density at radius 1 is 1.47 bits per heavy atom. The Kier molecular flexibility index (Phi) is 2.94. The lowest BCUT2D eigenvalue weighted by molar-refractivity contribution is 0.518. The third-order valence-corrected chi connectivity index (χ3v) is 4.77. The summed E-state index contributed by atoms with van der Waals surface area (Å²) in [6.45, 7) is 4.14. The second kappa shape index (κ2) is 4.06. The zero-order valence-corrected chi connectivity index (χ0v) is 10.2. The van der Waals surface area contributed by atoms with Crippen LogP contribution in [0, 0.1) is 6.92 Å². The molecule has 1 aromatic carbocycles. The number of nitrogens with one attached hydrogen (secondary N) is 1. The van der Waals surface area contributed by atoms with Crippen molar-refractivity contribution in [3.05, 3.63) is 29.3 Å². The van der Waals surface area contributed by atoms with Crippen LogP contribution in [0.4, 0.5) is 0 Å². The quantitative estimate of drug-likeness (QED) is 0.790. The molecule has 1 aliphatic heterocycles. The highest BCUT2D eigenvalue weighted by Gasteiger charge is 2.28. The highest BCUT2D eigenvalue weighted by molar-refractivity contribution is 7.85. The molecule has 3 heteroatoms. The van der Waals surface area contributed by atoms with Crippen molar-refractivity contribution in [2.75, 3.05) is 7.05 Å². The molecule has 15 heavy (non-hydrogen) atoms. The fourth-order valence-electron chi connectivity index (χ4n) is 2.16. The minimum atomic E-state index is -0.830. The largest absolute Gasteiger partial charge is 0.313 e. The first-order valence-electron chi connectivity index (χ1n) is 5.32. The molecule has 3 atom stereocenters. The maximum absolute atomic E-state index is 12.1. The van der Waals surface area contributed by atoms with Gasteiger partial charge in [0.1, 0.15) is 0 Å². The lowest BCUT2D eigenvalue weighted by atomic mass is 10.00. The molecule has 2 nitrogen and oxygen atoms in total. The third kappa shape index (κ3) is 1.86. The molecule has 0 amide bonds. The Labute approximate surface area is 93.5 Å². The Morgan fingerprint density at radius 3 is 2.87 bits per heavy atom. The topological polar surface area (TPSA) is 29.1 Å². The van der Waals surface area contributed by atoms with Gasteiger partial charge < -0.3 is 5.32 Å². The summed E-state index contributed by atoms with van der Waals surface area (Å²) in [4.78, 5) is 1.01. The second-order valence-electron chi connectivity index (χ2n) is 4.23. The summed E-state index contributed by atoms with van der Waals surface area (Å²) in [5, 5.41) is 3.55. The molecule has 82 valence electrons. The number of hydrogen-bond donors (Lipinski definition) is 1. The normalized spacial score (nSPS) is 29.9. The molecule has 0 saturated carbocycles. The summed E-state index contributed by atoms with van der Waals surface area (Å²) in [5.74, 6) is 0. The van der Waals surface area contributed by atoms with Gasteiger partial charge in [0, 0.05) is 16.2 Å². The van der Waals surface area contributed by atoms with E-state index in [9.17, 15) is 4.21 Å². The van der Waals surface area contributed by atoms with Gasteiger partial charge in [-0.05, 0) is 32.0 Å². The molecule has 3 unspecified atom stereocenters. The Balaban J connectivity index is 2.53. The van der Waals surface area contributed by atoms with Gasteiger partial charge in [-0.25, -0.2) is 0 Å². The van der Waals surface area contributed by atoms with Crippen molar-refractivity contribution in [3.8, 4) is 0 Å². The fourth-order valence-corrected chi connectivity index (χ4v) is 3.60. The first-order chi connectivity index (χ1) is 7.13. The predicted octanol–water partition coefficient (Wildman–Crippen LogP) is 2.16. The summed E-state index contributed by atoms with van der Waals surface area (Å²) in [6, 6.07) is 6.57. The third-order valence-electron chi connectivity index (χ3n) is 3.04. The van der Waals surface area contributed by atoms with Gasteiger partial charge in [-0.1, -0.05) is 24.6 Å². The average Bonchev–Trinajstić information content (AvgIpc) is 2.23. The van der Waals surface area contributed by atoms with Gasteiger partial charge in [0.05, 0.1) is 10.8 Å². The van der Waals surface area contributed by atoms with Gasteiger partial charge in [-0.2, -0.15) is 0 Å². The van der Waals surface area contributed by atoms with E-state index in [1.54, 1.807) is 0 Å². The maximum Gasteiger partial charge on any atom is 0.0562 e. The molecule has 0 bridgehead atoms. The van der Waals surface area contributed by atoms with Crippen molar-refractivity contribution < 1.29 is 4.21 Å². The fraction of sp³-hybridized carbons (Fsp3) is 0.500. The molecule has 0 saturated heterocycles. The predicted molar refractivity (Wildman–Crippen MR) is 63.5 cm³/mol. The average molecular weight is 223 g/mol. The summed E-state index contributed by atoms with van der Waals surface area (Å²) < 4.78 is 12.1. The molecule has 1 heterocycles. The summed E-state index contributed by atoms with van der Waals surface area (Å²) in [5.41, 5.74) is 2.45. The first-order valence-corrected chi connectivity index (χ1v) is 6.53. The molecular weight excluding hydrogens is 206 g/mol. The van der Waals surface area contributed by atoms with Crippen LogP contribution in [0.1, 0.15) is 30.5 Å². The van der Waals surface area contributed by atoms with Gasteiger partial charge >= 0.3 is 0 Å². The molecule has 0 spiro atoms. The number of benzene rings is 1. The minimum Gasteiger partial charge on any atom is -0.313 e. The van der Waals surface area contributed by atoms with Crippen LogP contribution in [-0.2, 0) is 10.8 Å². The second-order valence-corrected chi connectivity index (χ2v) is 6.07. The van der Waals surface area contributed by atoms with E-state index in [4.69, 9.17) is 0 Å². The lowest BCUT2D eigenvalue weighted by Crippen LogP contribution is -2.29. The standard InChI is InChI=1S/C12H17NOS/c1-8-4-5-12-10(6-8)11(13-3)7-9(2)15(12)14/h4-6,9,11,13H,7H2,1-3H3. The van der Waals surface area contributed by atoms with Crippen molar-refractivity contribution in [2.45, 2.75) is 36.5 Å². The SMILES string of the molecule is CNC1CC(C)S(=O)c2ccc(C)cc21. The number of fused-ring (bicyclic) bond motifs is 1. The zero-order valence-electron chi connectivity index (χ0n) is 9.41. The van der Waals surface area contributed by atoms with Gasteiger partial charge in [-0.3, -0.25) is 4.21 Å². The van der Waals surface area contributed by atoms with E-state index in [0.717, 1.165) is 11.3 Å². The first kappa shape index (κ1) is 10.8. The summed E-state index contributed by atoms with van der Waals surface area (Å²) >= 11 is 0. The van der Waals surface area contributed by atoms with Gasteiger partial charge in [0.15, 0.2) is 0 Å². The van der Waals surface area contributed by atoms with Gasteiger partial charge in [0.2, 0.25) is 0 Å². The van der Waals surface area contributed by atoms with Crippen LogP contribution in [-0.4, -0.2) is 16.5 Å². The van der Waals surface area contributed by atoms with Crippen LogP contribution < -0.4 is 5.32 Å². The molecule has 0 aromatic heterocycles. The highest BCUT2D eigenvalue weighted by Crippen LogP contribution is 2.33. The van der Waals surface area contributed by atoms with Crippen LogP contribution in [0.25, 0.3) is 0 Å². The summed E-state index contributed by atoms with van der Waals surface area (Å²) in [7, 11) is 1.14. The van der Waals surface area contributed by atoms with E-state index in [-0.39, 0.29) is 5.25 Å². The Bertz CT molecular complexity index is 403. The van der Waals surface area contributed by atoms with Crippen molar-refractivity contribution >= 4 is 10.8 Å². The van der Waals surface area contributed by atoms with Crippen molar-refractivity contribution in [1.29, 1.82) is 0 Å². The zero-order chi connectivity index (χ0) is 11.0. The molecular formula is C12H17NOS. The number of aryl methyl sites for hydroxylation is 1. The molecule has 1 aliphatic rings. The van der Waals surface area contributed by atoms with Gasteiger partial charge in [-0.15, -0.1) is 0 Å². The van der Waals surface area contributed by atoms with E-state index in [0.29, 0.717) is 6.04 Å². The van der Waals surface area contributed by atoms with Crippen molar-refractivity contribution in [1.82, 2.24) is 5.32 Å². The maximum atomic E-state index is 12.1. The monoisotopic (exact) mass is 223 g/mol. The van der Waals surface area contributed by atoms with Crippen molar-refractivity contribution in [2.24, 2.45) is 0 Å². The van der Waals surface area contributed by atoms with E-state index in [2.05, 4.69) is 25.2 Å². The molecule has 1 N–H and O–H groups in total. The smallest absolute Gasteiger partial charge is 0.0562 e. The molecule has 1 aromatic rings. The van der Waals surface area contributed by atoms with E-state index in [1.165, 1.54) is 11.1 Å². The number of rotatable bonds is 1. The molecule has 0 fully saturated rings. The Hall–Kier alpha value is -0.670. The molecule has 0 radical (unpaired) electrons.